The zero-order valence-corrected chi connectivity index (χ0v) is 10.7. The summed E-state index contributed by atoms with van der Waals surface area (Å²) < 4.78 is 6.65. The Hall–Kier alpha value is -1.69. The Bertz CT molecular complexity index is 545. The highest BCUT2D eigenvalue weighted by atomic mass is 32.1. The van der Waals surface area contributed by atoms with Crippen LogP contribution in [-0.4, -0.2) is 27.3 Å². The zero-order chi connectivity index (χ0) is 12.4. The lowest BCUT2D eigenvalue weighted by Gasteiger charge is -1.97. The van der Waals surface area contributed by atoms with Gasteiger partial charge in [-0.15, -0.1) is 11.3 Å². The van der Waals surface area contributed by atoms with Crippen LogP contribution in [0.1, 0.15) is 23.1 Å². The number of hydrogen-bond acceptors (Lipinski definition) is 5. The molecule has 0 N–H and O–H groups in total. The maximum Gasteiger partial charge on any atom is 0.357 e. The van der Waals surface area contributed by atoms with Gasteiger partial charge in [-0.3, -0.25) is 4.68 Å². The van der Waals surface area contributed by atoms with E-state index in [4.69, 9.17) is 4.74 Å². The van der Waals surface area contributed by atoms with Crippen molar-refractivity contribution in [1.29, 1.82) is 0 Å². The van der Waals surface area contributed by atoms with E-state index < -0.39 is 0 Å². The lowest BCUT2D eigenvalue weighted by molar-refractivity contribution is 0.0520. The van der Waals surface area contributed by atoms with Gasteiger partial charge in [-0.2, -0.15) is 5.10 Å². The molecule has 6 heteroatoms. The van der Waals surface area contributed by atoms with Crippen molar-refractivity contribution >= 4 is 17.3 Å². The lowest BCUT2D eigenvalue weighted by Crippen LogP contribution is -2.04. The minimum absolute atomic E-state index is 0.353. The van der Waals surface area contributed by atoms with E-state index in [0.29, 0.717) is 12.3 Å². The minimum Gasteiger partial charge on any atom is -0.461 e. The summed E-state index contributed by atoms with van der Waals surface area (Å²) in [4.78, 5) is 15.7. The van der Waals surface area contributed by atoms with E-state index in [2.05, 4.69) is 10.1 Å². The van der Waals surface area contributed by atoms with Gasteiger partial charge in [0.1, 0.15) is 5.01 Å². The van der Waals surface area contributed by atoms with E-state index in [1.54, 1.807) is 17.0 Å². The molecule has 0 spiro atoms. The van der Waals surface area contributed by atoms with Gasteiger partial charge < -0.3 is 4.74 Å². The molecule has 0 aromatic carbocycles. The SMILES string of the molecule is CCOC(=O)c1csc(-c2cc(C)nn2C)n1. The lowest BCUT2D eigenvalue weighted by atomic mass is 10.4. The van der Waals surface area contributed by atoms with E-state index in [-0.39, 0.29) is 5.97 Å². The molecule has 90 valence electrons. The second kappa shape index (κ2) is 4.67. The van der Waals surface area contributed by atoms with E-state index in [9.17, 15) is 4.79 Å². The van der Waals surface area contributed by atoms with Crippen LogP contribution in [0.25, 0.3) is 10.7 Å². The fourth-order valence-electron chi connectivity index (χ4n) is 1.50. The average Bonchev–Trinajstić information content (AvgIpc) is 2.85. The first-order chi connectivity index (χ1) is 8.11. The zero-order valence-electron chi connectivity index (χ0n) is 9.93. The second-order valence-corrected chi connectivity index (χ2v) is 4.41. The molecule has 2 rings (SSSR count). The van der Waals surface area contributed by atoms with Crippen LogP contribution >= 0.6 is 11.3 Å². The number of esters is 1. The Kier molecular flexibility index (Phi) is 3.23. The molecule has 0 unspecified atom stereocenters. The Morgan fingerprint density at radius 3 is 2.94 bits per heavy atom. The van der Waals surface area contributed by atoms with Crippen LogP contribution in [-0.2, 0) is 11.8 Å². The normalized spacial score (nSPS) is 10.5. The van der Waals surface area contributed by atoms with Crippen LogP contribution in [0.4, 0.5) is 0 Å². The highest BCUT2D eigenvalue weighted by Crippen LogP contribution is 2.24. The summed E-state index contributed by atoms with van der Waals surface area (Å²) in [6.07, 6.45) is 0. The maximum atomic E-state index is 11.5. The molecule has 0 bridgehead atoms. The Labute approximate surface area is 103 Å². The molecular weight excluding hydrogens is 238 g/mol. The van der Waals surface area contributed by atoms with Crippen molar-refractivity contribution in [3.05, 3.63) is 22.8 Å². The molecule has 2 aromatic heterocycles. The van der Waals surface area contributed by atoms with Gasteiger partial charge in [0.2, 0.25) is 0 Å². The van der Waals surface area contributed by atoms with Crippen LogP contribution in [0.3, 0.4) is 0 Å². The topological polar surface area (TPSA) is 57.0 Å². The van der Waals surface area contributed by atoms with E-state index in [1.165, 1.54) is 11.3 Å². The standard InChI is InChI=1S/C11H13N3O2S/c1-4-16-11(15)8-6-17-10(12-8)9-5-7(2)13-14(9)3/h5-6H,4H2,1-3H3. The molecule has 5 nitrogen and oxygen atoms in total. The molecule has 2 aromatic rings. The van der Waals surface area contributed by atoms with Crippen molar-refractivity contribution in [2.45, 2.75) is 13.8 Å². The number of carbonyl (C=O) groups excluding carboxylic acids is 1. The average molecular weight is 251 g/mol. The van der Waals surface area contributed by atoms with Crippen LogP contribution < -0.4 is 0 Å². The highest BCUT2D eigenvalue weighted by molar-refractivity contribution is 7.13. The fraction of sp³-hybridized carbons (Fsp3) is 0.364. The molecular formula is C11H13N3O2S. The summed E-state index contributed by atoms with van der Waals surface area (Å²) in [6.45, 7) is 4.05. The first-order valence-corrected chi connectivity index (χ1v) is 6.13. The number of ether oxygens (including phenoxy) is 1. The summed E-state index contributed by atoms with van der Waals surface area (Å²) in [7, 11) is 1.85. The number of thiazole rings is 1. The molecule has 0 saturated carbocycles. The van der Waals surface area contributed by atoms with E-state index in [0.717, 1.165) is 16.4 Å². The molecule has 17 heavy (non-hydrogen) atoms. The van der Waals surface area contributed by atoms with Gasteiger partial charge in [-0.1, -0.05) is 0 Å². The first kappa shape index (κ1) is 11.8. The fourth-order valence-corrected chi connectivity index (χ4v) is 2.34. The third-order valence-corrected chi connectivity index (χ3v) is 3.07. The minimum atomic E-state index is -0.381. The van der Waals surface area contributed by atoms with Gasteiger partial charge >= 0.3 is 5.97 Å². The molecule has 0 saturated heterocycles. The monoisotopic (exact) mass is 251 g/mol. The first-order valence-electron chi connectivity index (χ1n) is 5.25. The van der Waals surface area contributed by atoms with Gasteiger partial charge in [0.25, 0.3) is 0 Å². The van der Waals surface area contributed by atoms with Crippen molar-refractivity contribution in [2.24, 2.45) is 7.05 Å². The number of hydrogen-bond donors (Lipinski definition) is 0. The molecule has 0 aliphatic heterocycles. The van der Waals surface area contributed by atoms with Gasteiger partial charge in [0.15, 0.2) is 5.69 Å². The van der Waals surface area contributed by atoms with E-state index >= 15 is 0 Å². The van der Waals surface area contributed by atoms with Crippen LogP contribution in [0, 0.1) is 6.92 Å². The molecule has 2 heterocycles. The molecule has 0 aliphatic rings. The van der Waals surface area contributed by atoms with Gasteiger partial charge in [-0.25, -0.2) is 9.78 Å². The summed E-state index contributed by atoms with van der Waals surface area (Å²) >= 11 is 1.41. The molecule has 0 radical (unpaired) electrons. The van der Waals surface area contributed by atoms with Crippen molar-refractivity contribution in [1.82, 2.24) is 14.8 Å². The highest BCUT2D eigenvalue weighted by Gasteiger charge is 2.14. The molecule has 0 aliphatic carbocycles. The number of aryl methyl sites for hydroxylation is 2. The number of rotatable bonds is 3. The Morgan fingerprint density at radius 2 is 2.35 bits per heavy atom. The van der Waals surface area contributed by atoms with Gasteiger partial charge in [-0.05, 0) is 19.9 Å². The number of nitrogens with zero attached hydrogens (tertiary/aromatic N) is 3. The smallest absolute Gasteiger partial charge is 0.357 e. The van der Waals surface area contributed by atoms with Crippen LogP contribution in [0.15, 0.2) is 11.4 Å². The van der Waals surface area contributed by atoms with Crippen molar-refractivity contribution in [3.63, 3.8) is 0 Å². The third-order valence-electron chi connectivity index (χ3n) is 2.21. The summed E-state index contributed by atoms with van der Waals surface area (Å²) in [5.41, 5.74) is 2.18. The Morgan fingerprint density at radius 1 is 1.59 bits per heavy atom. The number of carbonyl (C=O) groups is 1. The molecule has 0 fully saturated rings. The molecule has 0 amide bonds. The summed E-state index contributed by atoms with van der Waals surface area (Å²) in [6, 6.07) is 1.94. The predicted octanol–water partition coefficient (Wildman–Crippen LogP) is 2.03. The largest absolute Gasteiger partial charge is 0.461 e. The maximum absolute atomic E-state index is 11.5. The van der Waals surface area contributed by atoms with Crippen LogP contribution in [0.5, 0.6) is 0 Å². The predicted molar refractivity (Wildman–Crippen MR) is 65.0 cm³/mol. The number of aromatic nitrogens is 3. The van der Waals surface area contributed by atoms with E-state index in [1.807, 2.05) is 20.0 Å². The van der Waals surface area contributed by atoms with Crippen LogP contribution in [0.2, 0.25) is 0 Å². The Balaban J connectivity index is 2.30. The summed E-state index contributed by atoms with van der Waals surface area (Å²) in [5, 5.41) is 6.72. The van der Waals surface area contributed by atoms with Crippen molar-refractivity contribution in [3.8, 4) is 10.7 Å². The van der Waals surface area contributed by atoms with Crippen molar-refractivity contribution < 1.29 is 9.53 Å². The second-order valence-electron chi connectivity index (χ2n) is 3.55. The quantitative estimate of drug-likeness (QED) is 0.783. The molecule has 0 atom stereocenters. The van der Waals surface area contributed by atoms with Crippen molar-refractivity contribution in [2.75, 3.05) is 6.61 Å². The third kappa shape index (κ3) is 2.36. The summed E-state index contributed by atoms with van der Waals surface area (Å²) in [5.74, 6) is -0.381. The van der Waals surface area contributed by atoms with Gasteiger partial charge in [0, 0.05) is 12.4 Å². The van der Waals surface area contributed by atoms with Gasteiger partial charge in [0.05, 0.1) is 18.0 Å².